The number of carbonyl (C=O) groups is 2. The fourth-order valence-electron chi connectivity index (χ4n) is 2.57. The summed E-state index contributed by atoms with van der Waals surface area (Å²) in [5, 5.41) is 3.67. The molecule has 25 heavy (non-hydrogen) atoms. The number of alkyl carbamates (subject to hydrolysis) is 1. The zero-order chi connectivity index (χ0) is 18.8. The Morgan fingerprint density at radius 2 is 1.96 bits per heavy atom. The van der Waals surface area contributed by atoms with Crippen LogP contribution in [0.5, 0.6) is 0 Å². The highest BCUT2D eigenvalue weighted by Gasteiger charge is 2.22. The van der Waals surface area contributed by atoms with Gasteiger partial charge in [-0.15, -0.1) is 0 Å². The average Bonchev–Trinajstić information content (AvgIpc) is 2.88. The van der Waals surface area contributed by atoms with Crippen molar-refractivity contribution in [2.45, 2.75) is 39.3 Å². The van der Waals surface area contributed by atoms with E-state index in [1.807, 2.05) is 50.5 Å². The lowest BCUT2D eigenvalue weighted by Crippen LogP contribution is -2.35. The lowest BCUT2D eigenvalue weighted by molar-refractivity contribution is 0.0521. The molecule has 0 aliphatic carbocycles. The molecule has 2 aromatic rings. The monoisotopic (exact) mass is 410 g/mol. The third-order valence-corrected chi connectivity index (χ3v) is 4.07. The number of carbonyl (C=O) groups excluding carboxylic acids is 2. The first-order valence-electron chi connectivity index (χ1n) is 7.98. The number of rotatable bonds is 4. The van der Waals surface area contributed by atoms with Crippen LogP contribution in [0.15, 0.2) is 28.7 Å². The smallest absolute Gasteiger partial charge is 0.407 e. The van der Waals surface area contributed by atoms with Crippen molar-refractivity contribution in [1.29, 1.82) is 0 Å². The Morgan fingerprint density at radius 1 is 1.28 bits per heavy atom. The van der Waals surface area contributed by atoms with Gasteiger partial charge in [0.15, 0.2) is 0 Å². The topological polar surface area (TPSA) is 69.6 Å². The minimum Gasteiger partial charge on any atom is -0.464 e. The average molecular weight is 411 g/mol. The third-order valence-electron chi connectivity index (χ3n) is 3.58. The van der Waals surface area contributed by atoms with Crippen molar-refractivity contribution in [3.05, 3.63) is 34.4 Å². The highest BCUT2D eigenvalue weighted by atomic mass is 79.9. The van der Waals surface area contributed by atoms with E-state index < -0.39 is 17.7 Å². The predicted octanol–water partition coefficient (Wildman–Crippen LogP) is 4.28. The van der Waals surface area contributed by atoms with Gasteiger partial charge in [0.25, 0.3) is 0 Å². The highest BCUT2D eigenvalue weighted by Crippen LogP contribution is 2.27. The molecule has 1 unspecified atom stereocenters. The van der Waals surface area contributed by atoms with E-state index in [2.05, 4.69) is 21.2 Å². The molecule has 0 saturated carbocycles. The number of esters is 1. The Balaban J connectivity index is 2.29. The van der Waals surface area contributed by atoms with Gasteiger partial charge in [-0.25, -0.2) is 9.59 Å². The molecule has 0 bridgehead atoms. The number of nitrogens with zero attached hydrogens (tertiary/aromatic N) is 1. The van der Waals surface area contributed by atoms with E-state index in [-0.39, 0.29) is 6.04 Å². The molecule has 136 valence electrons. The van der Waals surface area contributed by atoms with Crippen LogP contribution in [-0.4, -0.2) is 35.9 Å². The molecule has 2 rings (SSSR count). The molecule has 1 N–H and O–H groups in total. The highest BCUT2D eigenvalue weighted by molar-refractivity contribution is 9.10. The molecule has 1 aromatic heterocycles. The number of hydrogen-bond acceptors (Lipinski definition) is 4. The van der Waals surface area contributed by atoms with E-state index in [4.69, 9.17) is 9.47 Å². The summed E-state index contributed by atoms with van der Waals surface area (Å²) in [7, 11) is 1.35. The Labute approximate surface area is 155 Å². The molecule has 0 aliphatic heterocycles. The largest absolute Gasteiger partial charge is 0.464 e. The van der Waals surface area contributed by atoms with Gasteiger partial charge in [-0.2, -0.15) is 0 Å². The van der Waals surface area contributed by atoms with Crippen LogP contribution in [0.3, 0.4) is 0 Å². The van der Waals surface area contributed by atoms with Crippen LogP contribution in [0.25, 0.3) is 10.9 Å². The first-order valence-corrected chi connectivity index (χ1v) is 8.77. The number of aromatic nitrogens is 1. The maximum absolute atomic E-state index is 12.2. The fourth-order valence-corrected chi connectivity index (χ4v) is 2.92. The quantitative estimate of drug-likeness (QED) is 0.763. The summed E-state index contributed by atoms with van der Waals surface area (Å²) in [5.74, 6) is -0.420. The summed E-state index contributed by atoms with van der Waals surface area (Å²) in [6, 6.07) is 7.39. The number of halogens is 1. The second kappa shape index (κ2) is 7.47. The summed E-state index contributed by atoms with van der Waals surface area (Å²) >= 11 is 3.46. The minimum atomic E-state index is -0.560. The van der Waals surface area contributed by atoms with Gasteiger partial charge in [0, 0.05) is 22.4 Å². The van der Waals surface area contributed by atoms with Crippen LogP contribution in [-0.2, 0) is 9.47 Å². The molecule has 6 nitrogen and oxygen atoms in total. The fraction of sp³-hybridized carbons (Fsp3) is 0.444. The molecular formula is C18H23BrN2O4. The van der Waals surface area contributed by atoms with Gasteiger partial charge in [0.05, 0.1) is 12.6 Å². The summed E-state index contributed by atoms with van der Waals surface area (Å²) < 4.78 is 12.9. The van der Waals surface area contributed by atoms with Crippen molar-refractivity contribution in [2.75, 3.05) is 13.7 Å². The molecule has 0 spiro atoms. The van der Waals surface area contributed by atoms with Crippen molar-refractivity contribution < 1.29 is 19.1 Å². The van der Waals surface area contributed by atoms with Crippen LogP contribution in [0.2, 0.25) is 0 Å². The SMILES string of the molecule is COC(=O)c1cc2ccc(Br)cc2n1C(C)CNC(=O)OC(C)(C)C. The zero-order valence-electron chi connectivity index (χ0n) is 15.1. The molecule has 7 heteroatoms. The van der Waals surface area contributed by atoms with Gasteiger partial charge in [0.1, 0.15) is 11.3 Å². The van der Waals surface area contributed by atoms with Crippen molar-refractivity contribution in [3.8, 4) is 0 Å². The van der Waals surface area contributed by atoms with Crippen molar-refractivity contribution in [2.24, 2.45) is 0 Å². The van der Waals surface area contributed by atoms with Crippen LogP contribution in [0, 0.1) is 0 Å². The Morgan fingerprint density at radius 3 is 2.56 bits per heavy atom. The predicted molar refractivity (Wildman–Crippen MR) is 99.9 cm³/mol. The molecule has 0 aliphatic rings. The summed E-state index contributed by atoms with van der Waals surface area (Å²) in [6.07, 6.45) is -0.489. The maximum Gasteiger partial charge on any atom is 0.407 e. The molecule has 0 saturated heterocycles. The number of methoxy groups -OCH3 is 1. The van der Waals surface area contributed by atoms with E-state index >= 15 is 0 Å². The van der Waals surface area contributed by atoms with Crippen LogP contribution in [0.1, 0.15) is 44.2 Å². The van der Waals surface area contributed by atoms with E-state index in [0.717, 1.165) is 15.4 Å². The van der Waals surface area contributed by atoms with Crippen LogP contribution >= 0.6 is 15.9 Å². The summed E-state index contributed by atoms with van der Waals surface area (Å²) in [4.78, 5) is 24.0. The second-order valence-electron chi connectivity index (χ2n) is 6.83. The van der Waals surface area contributed by atoms with Gasteiger partial charge in [-0.1, -0.05) is 22.0 Å². The van der Waals surface area contributed by atoms with Crippen molar-refractivity contribution >= 4 is 38.9 Å². The van der Waals surface area contributed by atoms with E-state index in [1.165, 1.54) is 7.11 Å². The molecule has 1 atom stereocenters. The summed E-state index contributed by atoms with van der Waals surface area (Å²) in [6.45, 7) is 7.66. The van der Waals surface area contributed by atoms with Gasteiger partial charge < -0.3 is 19.4 Å². The standard InChI is InChI=1S/C18H23BrN2O4/c1-11(10-20-17(23)25-18(2,3)4)21-14-9-13(19)7-6-12(14)8-15(21)16(22)24-5/h6-9,11H,10H2,1-5H3,(H,20,23). The molecular weight excluding hydrogens is 388 g/mol. The number of nitrogens with one attached hydrogen (secondary N) is 1. The summed E-state index contributed by atoms with van der Waals surface area (Å²) in [5.41, 5.74) is 0.762. The van der Waals surface area contributed by atoms with Gasteiger partial charge in [0.2, 0.25) is 0 Å². The minimum absolute atomic E-state index is 0.173. The van der Waals surface area contributed by atoms with E-state index in [0.29, 0.717) is 12.2 Å². The van der Waals surface area contributed by atoms with Gasteiger partial charge in [-0.05, 0) is 45.9 Å². The van der Waals surface area contributed by atoms with Crippen LogP contribution in [0.4, 0.5) is 4.79 Å². The van der Waals surface area contributed by atoms with E-state index in [1.54, 1.807) is 6.07 Å². The Kier molecular flexibility index (Phi) is 5.77. The lowest BCUT2D eigenvalue weighted by atomic mass is 10.2. The normalized spacial score (nSPS) is 12.7. The lowest BCUT2D eigenvalue weighted by Gasteiger charge is -2.22. The number of ether oxygens (including phenoxy) is 2. The van der Waals surface area contributed by atoms with Crippen molar-refractivity contribution in [1.82, 2.24) is 9.88 Å². The van der Waals surface area contributed by atoms with Crippen molar-refractivity contribution in [3.63, 3.8) is 0 Å². The third kappa shape index (κ3) is 4.75. The van der Waals surface area contributed by atoms with Crippen LogP contribution < -0.4 is 5.32 Å². The number of hydrogen-bond donors (Lipinski definition) is 1. The van der Waals surface area contributed by atoms with Gasteiger partial charge >= 0.3 is 12.1 Å². The zero-order valence-corrected chi connectivity index (χ0v) is 16.6. The number of amides is 1. The molecule has 1 aromatic carbocycles. The Bertz CT molecular complexity index is 792. The molecule has 1 heterocycles. The number of benzene rings is 1. The van der Waals surface area contributed by atoms with E-state index in [9.17, 15) is 9.59 Å². The first kappa shape index (κ1) is 19.3. The van der Waals surface area contributed by atoms with Gasteiger partial charge in [-0.3, -0.25) is 0 Å². The number of fused-ring (bicyclic) bond motifs is 1. The molecule has 1 amide bonds. The maximum atomic E-state index is 12.2. The second-order valence-corrected chi connectivity index (χ2v) is 7.74. The first-order chi connectivity index (χ1) is 11.6. The Hall–Kier alpha value is -2.02. The molecule has 0 radical (unpaired) electrons. The molecule has 0 fully saturated rings.